The Morgan fingerprint density at radius 2 is 0.973 bits per heavy atom. The van der Waals surface area contributed by atoms with Gasteiger partial charge in [-0.15, -0.1) is 0 Å². The zero-order valence-corrected chi connectivity index (χ0v) is 51.4. The van der Waals surface area contributed by atoms with Crippen LogP contribution in [0.15, 0.2) is 182 Å². The molecule has 2 heterocycles. The molecule has 0 N–H and O–H groups in total. The average Bonchev–Trinajstić information content (AvgIpc) is 3.36. The maximum absolute atomic E-state index is 7.65. The smallest absolute Gasteiger partial charge is 0.261 e. The van der Waals surface area contributed by atoms with Crippen molar-refractivity contribution in [2.75, 3.05) is 12.8 Å². The highest BCUT2D eigenvalue weighted by Crippen LogP contribution is 2.57. The number of benzene rings is 6. The fourth-order valence-electron chi connectivity index (χ4n) is 11.0. The lowest BCUT2D eigenvalue weighted by Crippen LogP contribution is -3.00. The summed E-state index contributed by atoms with van der Waals surface area (Å²) in [4.78, 5) is 0. The summed E-state index contributed by atoms with van der Waals surface area (Å²) < 4.78 is 45.2. The summed E-state index contributed by atoms with van der Waals surface area (Å²) >= 11 is 0. The van der Waals surface area contributed by atoms with E-state index < -0.39 is 38.3 Å². The Hall–Kier alpha value is -3.11. The topological polar surface area (TPSA) is 55.4 Å². The molecule has 390 valence electrons. The predicted molar refractivity (Wildman–Crippen MR) is 310 cm³/mol. The van der Waals surface area contributed by atoms with Crippen molar-refractivity contribution in [3.63, 3.8) is 0 Å². The van der Waals surface area contributed by atoms with E-state index in [0.29, 0.717) is 26.1 Å². The SMILES string of the molecule is CC(C)(C)[Si](C)(C)O[C@H]1C[C@H]2O[C@@H](CC[P+](c3ccccc3)(c3ccccc3)c3ccccc3)[C@H](O[Si](C)(C)C)[C@@H](OCc3ccccc3)[C@@H]2O[C@@H]1CCO[Si](c1ccccc1)(c1ccccc1)C(C)(C)C.[I-]. The molecule has 7 atom stereocenters. The molecular weight excluding hydrogens is 1080 g/mol. The van der Waals surface area contributed by atoms with Crippen molar-refractivity contribution in [2.24, 2.45) is 0 Å². The van der Waals surface area contributed by atoms with Crippen LogP contribution < -0.4 is 50.3 Å². The number of rotatable bonds is 19. The Kier molecular flexibility index (Phi) is 19.3. The molecule has 6 nitrogen and oxygen atoms in total. The highest BCUT2D eigenvalue weighted by atomic mass is 127. The zero-order valence-electron chi connectivity index (χ0n) is 45.4. The van der Waals surface area contributed by atoms with Gasteiger partial charge in [0.2, 0.25) is 0 Å². The van der Waals surface area contributed by atoms with Crippen molar-refractivity contribution in [3.8, 4) is 0 Å². The molecule has 0 amide bonds. The van der Waals surface area contributed by atoms with Gasteiger partial charge in [-0.25, -0.2) is 0 Å². The molecule has 2 saturated heterocycles. The lowest BCUT2D eigenvalue weighted by Gasteiger charge is -2.54. The summed E-state index contributed by atoms with van der Waals surface area (Å²) in [6.45, 7) is 26.6. The minimum Gasteiger partial charge on any atom is -1.00 e. The molecule has 0 unspecified atom stereocenters. The van der Waals surface area contributed by atoms with Crippen LogP contribution in [0, 0.1) is 0 Å². The van der Waals surface area contributed by atoms with Gasteiger partial charge in [0, 0.05) is 19.4 Å². The summed E-state index contributed by atoms with van der Waals surface area (Å²) in [5.74, 6) is 0. The standard InChI is InChI=1S/C62H82O6PSi3.HI/c1-61(2,3)71(10,11)67-56-46-57-58(66-54(56)42-44-64-72(62(4,5)6,52-38-26-16-27-39-52)53-40-28-17-29-41-53)60(63-47-48-30-18-12-19-31-48)59(68-70(7,8)9)55(65-57)43-45-69(49-32-20-13-21-33-49,50-34-22-14-23-35-50)51-36-24-15-25-37-51;/h12-41,54-60H,42-47H2,1-11H3;1H/q+1;/p-1/t54-,55+,56+,57-,58-,59+,60+;/m1./s1. The van der Waals surface area contributed by atoms with Gasteiger partial charge in [0.15, 0.2) is 16.6 Å². The highest BCUT2D eigenvalue weighted by Gasteiger charge is 2.57. The second kappa shape index (κ2) is 24.5. The number of fused-ring (bicyclic) bond motifs is 1. The molecule has 6 aromatic carbocycles. The largest absolute Gasteiger partial charge is 1.00 e. The van der Waals surface area contributed by atoms with Gasteiger partial charge in [0.1, 0.15) is 41.5 Å². The summed E-state index contributed by atoms with van der Waals surface area (Å²) in [7, 11) is -9.54. The Labute approximate surface area is 460 Å². The van der Waals surface area contributed by atoms with Gasteiger partial charge in [0.25, 0.3) is 8.32 Å². The van der Waals surface area contributed by atoms with E-state index in [9.17, 15) is 0 Å². The first kappa shape index (κ1) is 57.6. The maximum Gasteiger partial charge on any atom is 0.261 e. The fourth-order valence-corrected chi connectivity index (χ4v) is 22.4. The molecule has 6 aromatic rings. The lowest BCUT2D eigenvalue weighted by atomic mass is 9.86. The molecule has 0 aliphatic carbocycles. The molecule has 11 heteroatoms. The van der Waals surface area contributed by atoms with Gasteiger partial charge in [-0.1, -0.05) is 187 Å². The van der Waals surface area contributed by atoms with Crippen LogP contribution in [0.25, 0.3) is 0 Å². The number of hydrogen-bond donors (Lipinski definition) is 0. The van der Waals surface area contributed by atoms with E-state index in [0.717, 1.165) is 18.1 Å². The van der Waals surface area contributed by atoms with E-state index >= 15 is 0 Å². The van der Waals surface area contributed by atoms with Crippen molar-refractivity contribution in [3.05, 3.63) is 188 Å². The number of ether oxygens (including phenoxy) is 3. The maximum atomic E-state index is 7.65. The molecule has 0 bridgehead atoms. The third kappa shape index (κ3) is 13.2. The molecule has 0 aromatic heterocycles. The van der Waals surface area contributed by atoms with Gasteiger partial charge in [-0.3, -0.25) is 0 Å². The molecule has 0 spiro atoms. The third-order valence-corrected chi connectivity index (χ3v) is 30.4. The second-order valence-corrected chi connectivity index (χ2v) is 40.7. The van der Waals surface area contributed by atoms with E-state index in [1.54, 1.807) is 0 Å². The number of halogens is 1. The molecule has 2 aliphatic heterocycles. The molecule has 8 rings (SSSR count). The minimum atomic E-state index is -2.83. The van der Waals surface area contributed by atoms with Crippen LogP contribution >= 0.6 is 7.26 Å². The zero-order chi connectivity index (χ0) is 51.2. The Morgan fingerprint density at radius 1 is 0.521 bits per heavy atom. The van der Waals surface area contributed by atoms with Gasteiger partial charge >= 0.3 is 0 Å². The Balaban J connectivity index is 0.00000780. The van der Waals surface area contributed by atoms with Crippen LogP contribution in [-0.2, 0) is 34.1 Å². The van der Waals surface area contributed by atoms with E-state index in [2.05, 4.69) is 256 Å². The van der Waals surface area contributed by atoms with Crippen molar-refractivity contribution in [2.45, 2.75) is 153 Å². The summed E-state index contributed by atoms with van der Waals surface area (Å²) in [5, 5.41) is 6.47. The molecule has 0 radical (unpaired) electrons. The van der Waals surface area contributed by atoms with E-state index in [1.807, 2.05) is 0 Å². The fraction of sp³-hybridized carbons (Fsp3) is 0.419. The first-order valence-corrected chi connectivity index (χ1v) is 36.6. The van der Waals surface area contributed by atoms with Crippen LogP contribution in [0.1, 0.15) is 66.4 Å². The highest BCUT2D eigenvalue weighted by molar-refractivity contribution is 7.95. The number of hydrogen-bond acceptors (Lipinski definition) is 6. The van der Waals surface area contributed by atoms with E-state index in [4.69, 9.17) is 27.5 Å². The molecule has 73 heavy (non-hydrogen) atoms. The lowest BCUT2D eigenvalue weighted by molar-refractivity contribution is -0.287. The van der Waals surface area contributed by atoms with Crippen molar-refractivity contribution in [1.82, 2.24) is 0 Å². The minimum absolute atomic E-state index is 0. The van der Waals surface area contributed by atoms with Crippen LogP contribution in [0.3, 0.4) is 0 Å². The Bertz CT molecular complexity index is 2440. The monoisotopic (exact) mass is 1160 g/mol. The molecule has 0 saturated carbocycles. The average molecular weight is 1170 g/mol. The normalized spacial score (nSPS) is 22.0. The van der Waals surface area contributed by atoms with Crippen LogP contribution in [0.4, 0.5) is 0 Å². The van der Waals surface area contributed by atoms with Crippen molar-refractivity contribution >= 4 is 58.5 Å². The van der Waals surface area contributed by atoms with Crippen LogP contribution in [-0.4, -0.2) is 80.4 Å². The van der Waals surface area contributed by atoms with E-state index in [1.165, 1.54) is 26.3 Å². The molecule has 2 fully saturated rings. The van der Waals surface area contributed by atoms with Gasteiger partial charge in [-0.05, 0) is 102 Å². The van der Waals surface area contributed by atoms with Gasteiger partial charge in [-0.2, -0.15) is 0 Å². The van der Waals surface area contributed by atoms with E-state index in [-0.39, 0.29) is 70.7 Å². The van der Waals surface area contributed by atoms with Crippen molar-refractivity contribution < 1.29 is 51.5 Å². The molecule has 2 aliphatic rings. The second-order valence-electron chi connectivity index (χ2n) is 23.6. The van der Waals surface area contributed by atoms with Crippen molar-refractivity contribution in [1.29, 1.82) is 0 Å². The quantitative estimate of drug-likeness (QED) is 0.0458. The first-order chi connectivity index (χ1) is 34.3. The van der Waals surface area contributed by atoms with Crippen LogP contribution in [0.2, 0.25) is 42.8 Å². The predicted octanol–water partition coefficient (Wildman–Crippen LogP) is 9.46. The first-order valence-electron chi connectivity index (χ1n) is 26.4. The van der Waals surface area contributed by atoms with Gasteiger partial charge < -0.3 is 51.5 Å². The van der Waals surface area contributed by atoms with Gasteiger partial charge in [0.05, 0.1) is 37.2 Å². The summed E-state index contributed by atoms with van der Waals surface area (Å²) in [6, 6.07) is 66.0. The van der Waals surface area contributed by atoms with Crippen LogP contribution in [0.5, 0.6) is 0 Å². The Morgan fingerprint density at radius 3 is 1.41 bits per heavy atom. The summed E-state index contributed by atoms with van der Waals surface area (Å²) in [6.07, 6.45) is 0.881. The molecular formula is C62H82IO6PSi3. The third-order valence-electron chi connectivity index (χ3n) is 15.4. The summed E-state index contributed by atoms with van der Waals surface area (Å²) in [5.41, 5.74) is 1.12.